The predicted molar refractivity (Wildman–Crippen MR) is 105 cm³/mol. The van der Waals surface area contributed by atoms with Crippen LogP contribution in [-0.2, 0) is 16.6 Å². The Morgan fingerprint density at radius 2 is 1.86 bits per heavy atom. The summed E-state index contributed by atoms with van der Waals surface area (Å²) in [4.78, 5) is 4.72. The Morgan fingerprint density at radius 1 is 1.14 bits per heavy atom. The molecule has 4 rings (SSSR count). The molecule has 7 nitrogen and oxygen atoms in total. The van der Waals surface area contributed by atoms with Gasteiger partial charge in [-0.1, -0.05) is 13.8 Å². The minimum atomic E-state index is -3.52. The highest BCUT2D eigenvalue weighted by Gasteiger charge is 2.30. The molecular weight excluding hydrogens is 378 g/mol. The van der Waals surface area contributed by atoms with Crippen molar-refractivity contribution in [3.05, 3.63) is 36.4 Å². The Bertz CT molecular complexity index is 931. The van der Waals surface area contributed by atoms with Gasteiger partial charge in [0.25, 0.3) is 0 Å². The molecule has 1 aromatic carbocycles. The number of hydrogen-bond acceptors (Lipinski definition) is 5. The van der Waals surface area contributed by atoms with Crippen molar-refractivity contribution in [2.75, 3.05) is 26.3 Å². The summed E-state index contributed by atoms with van der Waals surface area (Å²) < 4.78 is 40.9. The number of aromatic nitrogens is 2. The Kier molecular flexibility index (Phi) is 5.33. The van der Waals surface area contributed by atoms with Crippen LogP contribution < -0.4 is 9.47 Å². The first kappa shape index (κ1) is 19.3. The van der Waals surface area contributed by atoms with Gasteiger partial charge in [-0.25, -0.2) is 13.4 Å². The second-order valence-electron chi connectivity index (χ2n) is 7.75. The molecule has 8 heteroatoms. The molecule has 1 fully saturated rings. The normalized spacial score (nSPS) is 18.5. The molecule has 2 aromatic rings. The Balaban J connectivity index is 1.42. The van der Waals surface area contributed by atoms with Gasteiger partial charge in [0, 0.05) is 44.0 Å². The molecule has 0 unspecified atom stereocenters. The Labute approximate surface area is 166 Å². The minimum absolute atomic E-state index is 0.270. The van der Waals surface area contributed by atoms with Crippen LogP contribution in [-0.4, -0.2) is 48.6 Å². The maximum atomic E-state index is 13.1. The molecule has 0 radical (unpaired) electrons. The molecule has 28 heavy (non-hydrogen) atoms. The van der Waals surface area contributed by atoms with Gasteiger partial charge in [-0.15, -0.1) is 0 Å². The molecule has 0 N–H and O–H groups in total. The smallest absolute Gasteiger partial charge is 0.243 e. The van der Waals surface area contributed by atoms with E-state index >= 15 is 0 Å². The summed E-state index contributed by atoms with van der Waals surface area (Å²) in [5.74, 6) is 3.03. The zero-order chi connectivity index (χ0) is 19.7. The van der Waals surface area contributed by atoms with E-state index in [0.29, 0.717) is 49.6 Å². The number of piperidine rings is 1. The zero-order valence-corrected chi connectivity index (χ0v) is 17.2. The van der Waals surface area contributed by atoms with E-state index in [-0.39, 0.29) is 4.90 Å². The molecule has 1 saturated heterocycles. The molecule has 3 heterocycles. The van der Waals surface area contributed by atoms with Crippen LogP contribution in [0.1, 0.15) is 38.4 Å². The monoisotopic (exact) mass is 405 g/mol. The molecule has 0 atom stereocenters. The van der Waals surface area contributed by atoms with Crippen LogP contribution >= 0.6 is 0 Å². The summed E-state index contributed by atoms with van der Waals surface area (Å²) in [6.45, 7) is 7.17. The van der Waals surface area contributed by atoms with E-state index in [1.807, 2.05) is 12.4 Å². The van der Waals surface area contributed by atoms with Crippen LogP contribution in [0, 0.1) is 5.92 Å². The van der Waals surface area contributed by atoms with Gasteiger partial charge in [-0.2, -0.15) is 4.31 Å². The second kappa shape index (κ2) is 7.75. The highest BCUT2D eigenvalue weighted by Crippen LogP contribution is 2.34. The molecule has 0 bridgehead atoms. The fraction of sp³-hybridized carbons (Fsp3) is 0.550. The van der Waals surface area contributed by atoms with Crippen LogP contribution in [0.3, 0.4) is 0 Å². The average molecular weight is 406 g/mol. The van der Waals surface area contributed by atoms with Gasteiger partial charge in [0.2, 0.25) is 10.0 Å². The Morgan fingerprint density at radius 3 is 2.57 bits per heavy atom. The van der Waals surface area contributed by atoms with Crippen molar-refractivity contribution in [1.82, 2.24) is 13.9 Å². The number of nitrogens with zero attached hydrogens (tertiary/aromatic N) is 3. The van der Waals surface area contributed by atoms with Crippen molar-refractivity contribution >= 4 is 10.0 Å². The van der Waals surface area contributed by atoms with Crippen molar-refractivity contribution in [2.24, 2.45) is 5.92 Å². The van der Waals surface area contributed by atoms with Crippen LogP contribution in [0.4, 0.5) is 0 Å². The van der Waals surface area contributed by atoms with E-state index in [2.05, 4.69) is 23.4 Å². The lowest BCUT2D eigenvalue weighted by molar-refractivity contribution is 0.171. The SMILES string of the molecule is CC(C)c1nccn1CC1CCN(S(=O)(=O)c2ccc3c(c2)OCCO3)CC1. The number of rotatable bonds is 5. The van der Waals surface area contributed by atoms with E-state index in [1.54, 1.807) is 22.5 Å². The summed E-state index contributed by atoms with van der Waals surface area (Å²) >= 11 is 0. The van der Waals surface area contributed by atoms with Gasteiger partial charge in [0.05, 0.1) is 4.90 Å². The van der Waals surface area contributed by atoms with E-state index in [4.69, 9.17) is 9.47 Å². The molecule has 2 aliphatic heterocycles. The average Bonchev–Trinajstić information content (AvgIpc) is 3.16. The molecular formula is C20H27N3O4S. The fourth-order valence-electron chi connectivity index (χ4n) is 3.92. The maximum absolute atomic E-state index is 13.1. The summed E-state index contributed by atoms with van der Waals surface area (Å²) in [7, 11) is -3.52. The standard InChI is InChI=1S/C20H27N3O4S/c1-15(2)20-21-7-10-22(20)14-16-5-8-23(9-6-16)28(24,25)17-3-4-18-19(13-17)27-12-11-26-18/h3-4,7,10,13,15-16H,5-6,8-9,11-12,14H2,1-2H3. The van der Waals surface area contributed by atoms with Gasteiger partial charge in [0.15, 0.2) is 11.5 Å². The first-order chi connectivity index (χ1) is 13.4. The maximum Gasteiger partial charge on any atom is 0.243 e. The van der Waals surface area contributed by atoms with E-state index < -0.39 is 10.0 Å². The first-order valence-corrected chi connectivity index (χ1v) is 11.3. The third kappa shape index (κ3) is 3.75. The fourth-order valence-corrected chi connectivity index (χ4v) is 5.41. The lowest BCUT2D eigenvalue weighted by Crippen LogP contribution is -2.39. The van der Waals surface area contributed by atoms with E-state index in [9.17, 15) is 8.42 Å². The van der Waals surface area contributed by atoms with Gasteiger partial charge in [-0.05, 0) is 30.9 Å². The Hall–Kier alpha value is -2.06. The largest absolute Gasteiger partial charge is 0.486 e. The number of benzene rings is 1. The van der Waals surface area contributed by atoms with Crippen LogP contribution in [0.25, 0.3) is 0 Å². The van der Waals surface area contributed by atoms with Crippen LogP contribution in [0.5, 0.6) is 11.5 Å². The third-order valence-corrected chi connectivity index (χ3v) is 7.34. The summed E-state index contributed by atoms with van der Waals surface area (Å²) in [6.07, 6.45) is 5.56. The number of hydrogen-bond donors (Lipinski definition) is 0. The quantitative estimate of drug-likeness (QED) is 0.765. The van der Waals surface area contributed by atoms with Crippen LogP contribution in [0.15, 0.2) is 35.5 Å². The molecule has 2 aliphatic rings. The van der Waals surface area contributed by atoms with Crippen LogP contribution in [0.2, 0.25) is 0 Å². The highest BCUT2D eigenvalue weighted by molar-refractivity contribution is 7.89. The highest BCUT2D eigenvalue weighted by atomic mass is 32.2. The number of imidazole rings is 1. The topological polar surface area (TPSA) is 73.7 Å². The van der Waals surface area contributed by atoms with Crippen molar-refractivity contribution < 1.29 is 17.9 Å². The molecule has 0 spiro atoms. The summed E-state index contributed by atoms with van der Waals surface area (Å²) in [5.41, 5.74) is 0. The van der Waals surface area contributed by atoms with E-state index in [0.717, 1.165) is 25.2 Å². The third-order valence-electron chi connectivity index (χ3n) is 5.44. The second-order valence-corrected chi connectivity index (χ2v) is 9.68. The van der Waals surface area contributed by atoms with Crippen molar-refractivity contribution in [3.63, 3.8) is 0 Å². The summed E-state index contributed by atoms with van der Waals surface area (Å²) in [6, 6.07) is 4.87. The molecule has 1 aromatic heterocycles. The summed E-state index contributed by atoms with van der Waals surface area (Å²) in [5, 5.41) is 0. The van der Waals surface area contributed by atoms with E-state index in [1.165, 1.54) is 0 Å². The lowest BCUT2D eigenvalue weighted by atomic mass is 9.98. The first-order valence-electron chi connectivity index (χ1n) is 9.86. The van der Waals surface area contributed by atoms with Gasteiger partial charge < -0.3 is 14.0 Å². The van der Waals surface area contributed by atoms with Crippen molar-refractivity contribution in [1.29, 1.82) is 0 Å². The minimum Gasteiger partial charge on any atom is -0.486 e. The van der Waals surface area contributed by atoms with Crippen molar-refractivity contribution in [2.45, 2.75) is 44.0 Å². The van der Waals surface area contributed by atoms with Gasteiger partial charge in [0.1, 0.15) is 19.0 Å². The zero-order valence-electron chi connectivity index (χ0n) is 16.4. The van der Waals surface area contributed by atoms with Gasteiger partial charge >= 0.3 is 0 Å². The predicted octanol–water partition coefficient (Wildman–Crippen LogP) is 2.88. The molecule has 0 saturated carbocycles. The number of sulfonamides is 1. The number of ether oxygens (including phenoxy) is 2. The van der Waals surface area contributed by atoms with Gasteiger partial charge in [-0.3, -0.25) is 0 Å². The molecule has 0 aliphatic carbocycles. The van der Waals surface area contributed by atoms with Crippen molar-refractivity contribution in [3.8, 4) is 11.5 Å². The lowest BCUT2D eigenvalue weighted by Gasteiger charge is -2.32. The molecule has 0 amide bonds. The molecule has 152 valence electrons. The number of fused-ring (bicyclic) bond motifs is 1.